The first-order valence-electron chi connectivity index (χ1n) is 5.24. The SMILES string of the molecule is CC(C)C#N.CC(C)C#N.CCOC(C)=O. The Bertz CT molecular complexity index is 216. The summed E-state index contributed by atoms with van der Waals surface area (Å²) in [7, 11) is 0. The fraction of sp³-hybridized carbons (Fsp3) is 0.750. The van der Waals surface area contributed by atoms with Crippen LogP contribution >= 0.6 is 0 Å². The molecule has 0 amide bonds. The number of ether oxygens (including phenoxy) is 1. The molecule has 0 bridgehead atoms. The second-order valence-electron chi connectivity index (χ2n) is 3.49. The van der Waals surface area contributed by atoms with Crippen molar-refractivity contribution >= 4 is 5.97 Å². The second kappa shape index (κ2) is 15.9. The average molecular weight is 226 g/mol. The summed E-state index contributed by atoms with van der Waals surface area (Å²) in [6.45, 7) is 11.1. The van der Waals surface area contributed by atoms with Crippen LogP contribution in [0.25, 0.3) is 0 Å². The minimum absolute atomic E-state index is 0.190. The van der Waals surface area contributed by atoms with Crippen LogP contribution < -0.4 is 0 Å². The largest absolute Gasteiger partial charge is 0.466 e. The zero-order valence-corrected chi connectivity index (χ0v) is 11.1. The van der Waals surface area contributed by atoms with Crippen LogP contribution in [-0.2, 0) is 9.53 Å². The van der Waals surface area contributed by atoms with E-state index in [1.807, 2.05) is 39.8 Å². The number of carbonyl (C=O) groups is 1. The third-order valence-electron chi connectivity index (χ3n) is 0.864. The Morgan fingerprint density at radius 2 is 1.38 bits per heavy atom. The molecule has 4 nitrogen and oxygen atoms in total. The molecule has 0 aliphatic rings. The van der Waals surface area contributed by atoms with Crippen molar-refractivity contribution in [2.75, 3.05) is 6.61 Å². The lowest BCUT2D eigenvalue weighted by atomic mass is 10.3. The third-order valence-corrected chi connectivity index (χ3v) is 0.864. The molecule has 0 spiro atoms. The van der Waals surface area contributed by atoms with Crippen molar-refractivity contribution < 1.29 is 9.53 Å². The summed E-state index contributed by atoms with van der Waals surface area (Å²) >= 11 is 0. The van der Waals surface area contributed by atoms with Gasteiger partial charge in [0.25, 0.3) is 0 Å². The van der Waals surface area contributed by atoms with Gasteiger partial charge < -0.3 is 4.74 Å². The second-order valence-corrected chi connectivity index (χ2v) is 3.49. The summed E-state index contributed by atoms with van der Waals surface area (Å²) in [6, 6.07) is 4.06. The molecule has 0 rings (SSSR count). The van der Waals surface area contributed by atoms with Crippen molar-refractivity contribution in [1.82, 2.24) is 0 Å². The number of rotatable bonds is 1. The van der Waals surface area contributed by atoms with E-state index in [-0.39, 0.29) is 17.8 Å². The van der Waals surface area contributed by atoms with E-state index < -0.39 is 0 Å². The number of nitriles is 2. The van der Waals surface area contributed by atoms with Gasteiger partial charge in [-0.15, -0.1) is 0 Å². The van der Waals surface area contributed by atoms with Crippen LogP contribution in [-0.4, -0.2) is 12.6 Å². The van der Waals surface area contributed by atoms with Crippen LogP contribution in [0.3, 0.4) is 0 Å². The van der Waals surface area contributed by atoms with Crippen molar-refractivity contribution in [2.24, 2.45) is 11.8 Å². The minimum Gasteiger partial charge on any atom is -0.466 e. The number of carbonyl (C=O) groups excluding carboxylic acids is 1. The Kier molecular flexibility index (Phi) is 19.8. The fourth-order valence-electron chi connectivity index (χ4n) is 0.203. The van der Waals surface area contributed by atoms with Gasteiger partial charge in [0, 0.05) is 18.8 Å². The molecule has 0 saturated carbocycles. The molecular weight excluding hydrogens is 204 g/mol. The smallest absolute Gasteiger partial charge is 0.302 e. The summed E-state index contributed by atoms with van der Waals surface area (Å²) in [5, 5.41) is 15.8. The standard InChI is InChI=1S/2C4H7N.C4H8O2/c2*1-4(2)3-5;1-3-6-4(2)5/h2*4H,1-2H3;3H2,1-2H3. The summed E-state index contributed by atoms with van der Waals surface area (Å²) < 4.78 is 4.40. The molecule has 4 heteroatoms. The number of hydrogen-bond donors (Lipinski definition) is 0. The third kappa shape index (κ3) is 55.0. The predicted octanol–water partition coefficient (Wildman–Crippen LogP) is 2.90. The number of esters is 1. The van der Waals surface area contributed by atoms with Gasteiger partial charge in [-0.25, -0.2) is 0 Å². The summed E-state index contributed by atoms with van der Waals surface area (Å²) in [4.78, 5) is 9.82. The first-order valence-corrected chi connectivity index (χ1v) is 5.24. The molecule has 0 atom stereocenters. The van der Waals surface area contributed by atoms with Gasteiger partial charge in [0.2, 0.25) is 0 Å². The van der Waals surface area contributed by atoms with Gasteiger partial charge in [0.15, 0.2) is 0 Å². The topological polar surface area (TPSA) is 73.9 Å². The van der Waals surface area contributed by atoms with Gasteiger partial charge in [0.05, 0.1) is 18.7 Å². The zero-order valence-electron chi connectivity index (χ0n) is 11.1. The molecule has 0 N–H and O–H groups in total. The number of hydrogen-bond acceptors (Lipinski definition) is 4. The molecule has 0 heterocycles. The maximum absolute atomic E-state index is 9.82. The van der Waals surface area contributed by atoms with E-state index in [2.05, 4.69) is 4.74 Å². The highest BCUT2D eigenvalue weighted by Crippen LogP contribution is 1.82. The Balaban J connectivity index is -0.000000160. The summed E-state index contributed by atoms with van der Waals surface area (Å²) in [5.41, 5.74) is 0. The average Bonchev–Trinajstić information content (AvgIpc) is 2.19. The summed E-state index contributed by atoms with van der Waals surface area (Å²) in [5.74, 6) is 0.169. The van der Waals surface area contributed by atoms with E-state index in [0.29, 0.717) is 6.61 Å². The van der Waals surface area contributed by atoms with Crippen molar-refractivity contribution in [3.05, 3.63) is 0 Å². The molecule has 0 aromatic rings. The van der Waals surface area contributed by atoms with E-state index in [1.165, 1.54) is 6.92 Å². The molecule has 0 aliphatic carbocycles. The number of nitrogens with zero attached hydrogens (tertiary/aromatic N) is 2. The van der Waals surface area contributed by atoms with Crippen molar-refractivity contribution in [2.45, 2.75) is 41.5 Å². The lowest BCUT2D eigenvalue weighted by molar-refractivity contribution is -0.140. The van der Waals surface area contributed by atoms with Crippen LogP contribution in [0.1, 0.15) is 41.5 Å². The molecule has 0 saturated heterocycles. The molecule has 16 heavy (non-hydrogen) atoms. The highest BCUT2D eigenvalue weighted by atomic mass is 16.5. The van der Waals surface area contributed by atoms with Crippen molar-refractivity contribution in [3.8, 4) is 12.1 Å². The molecular formula is C12H22N2O2. The quantitative estimate of drug-likeness (QED) is 0.644. The van der Waals surface area contributed by atoms with Gasteiger partial charge >= 0.3 is 5.97 Å². The van der Waals surface area contributed by atoms with E-state index >= 15 is 0 Å². The Morgan fingerprint density at radius 1 is 1.12 bits per heavy atom. The molecule has 0 radical (unpaired) electrons. The lowest BCUT2D eigenvalue weighted by Crippen LogP contribution is -1.95. The molecule has 0 aromatic heterocycles. The van der Waals surface area contributed by atoms with E-state index in [1.54, 1.807) is 6.92 Å². The van der Waals surface area contributed by atoms with Gasteiger partial charge in [0.1, 0.15) is 0 Å². The maximum Gasteiger partial charge on any atom is 0.302 e. The Labute approximate surface area is 98.8 Å². The zero-order chi connectivity index (χ0) is 13.6. The minimum atomic E-state index is -0.211. The maximum atomic E-state index is 9.82. The van der Waals surface area contributed by atoms with Crippen LogP contribution in [0, 0.1) is 34.5 Å². The van der Waals surface area contributed by atoms with Crippen LogP contribution in [0.2, 0.25) is 0 Å². The molecule has 0 aliphatic heterocycles. The van der Waals surface area contributed by atoms with E-state index in [0.717, 1.165) is 0 Å². The first-order chi connectivity index (χ1) is 7.31. The van der Waals surface area contributed by atoms with E-state index in [9.17, 15) is 4.79 Å². The van der Waals surface area contributed by atoms with Gasteiger partial charge in [-0.1, -0.05) is 0 Å². The Morgan fingerprint density at radius 3 is 1.38 bits per heavy atom. The van der Waals surface area contributed by atoms with Crippen LogP contribution in [0.4, 0.5) is 0 Å². The highest BCUT2D eigenvalue weighted by Gasteiger charge is 1.81. The van der Waals surface area contributed by atoms with Gasteiger partial charge in [-0.05, 0) is 34.6 Å². The molecule has 0 unspecified atom stereocenters. The van der Waals surface area contributed by atoms with E-state index in [4.69, 9.17) is 10.5 Å². The fourth-order valence-corrected chi connectivity index (χ4v) is 0.203. The van der Waals surface area contributed by atoms with Crippen molar-refractivity contribution in [3.63, 3.8) is 0 Å². The summed E-state index contributed by atoms with van der Waals surface area (Å²) in [6.07, 6.45) is 0. The monoisotopic (exact) mass is 226 g/mol. The molecule has 92 valence electrons. The van der Waals surface area contributed by atoms with Crippen LogP contribution in [0.5, 0.6) is 0 Å². The van der Waals surface area contributed by atoms with Gasteiger partial charge in [-0.3, -0.25) is 4.79 Å². The Hall–Kier alpha value is -1.55. The van der Waals surface area contributed by atoms with Crippen LogP contribution in [0.15, 0.2) is 0 Å². The molecule has 0 aromatic carbocycles. The first kappa shape index (κ1) is 19.9. The highest BCUT2D eigenvalue weighted by molar-refractivity contribution is 5.65. The lowest BCUT2D eigenvalue weighted by Gasteiger charge is -1.89. The predicted molar refractivity (Wildman–Crippen MR) is 63.2 cm³/mol. The van der Waals surface area contributed by atoms with Crippen molar-refractivity contribution in [1.29, 1.82) is 10.5 Å². The molecule has 0 fully saturated rings. The normalized spacial score (nSPS) is 7.62. The van der Waals surface area contributed by atoms with Gasteiger partial charge in [-0.2, -0.15) is 10.5 Å².